The van der Waals surface area contributed by atoms with Crippen molar-refractivity contribution in [3.8, 4) is 0 Å². The van der Waals surface area contributed by atoms with Crippen LogP contribution in [-0.2, 0) is 4.79 Å². The molecule has 4 heteroatoms. The molecule has 0 spiro atoms. The second-order valence-corrected chi connectivity index (χ2v) is 1.86. The summed E-state index contributed by atoms with van der Waals surface area (Å²) in [5.41, 5.74) is 5.59. The zero-order valence-corrected chi connectivity index (χ0v) is 6.49. The third-order valence-corrected chi connectivity index (χ3v) is 1.04. The largest absolute Gasteiger partial charge is 0.351 e. The van der Waals surface area contributed by atoms with E-state index in [2.05, 4.69) is 5.32 Å². The summed E-state index contributed by atoms with van der Waals surface area (Å²) in [7, 11) is 0. The van der Waals surface area contributed by atoms with Gasteiger partial charge in [-0.3, -0.25) is 0 Å². The third-order valence-electron chi connectivity index (χ3n) is 1.04. The number of anilines is 1. The number of hydrogen-bond donors (Lipinski definition) is 2. The van der Waals surface area contributed by atoms with Gasteiger partial charge in [0.15, 0.2) is 0 Å². The summed E-state index contributed by atoms with van der Waals surface area (Å²) in [4.78, 5) is 18.3. The number of carbonyl (C=O) groups excluding carboxylic acids is 2. The van der Waals surface area contributed by atoms with E-state index in [-0.39, 0.29) is 0 Å². The molecule has 0 saturated carbocycles. The topological polar surface area (TPSA) is 72.2 Å². The highest BCUT2D eigenvalue weighted by Crippen LogP contribution is 2.03. The number of para-hydroxylation sites is 1. The number of urea groups is 1. The van der Waals surface area contributed by atoms with Gasteiger partial charge in [-0.05, 0) is 12.1 Å². The number of nitrogens with one attached hydrogen (secondary N) is 1. The lowest BCUT2D eigenvalue weighted by atomic mass is 10.3. The van der Waals surface area contributed by atoms with Crippen molar-refractivity contribution in [3.63, 3.8) is 0 Å². The van der Waals surface area contributed by atoms with Gasteiger partial charge in [-0.15, -0.1) is 0 Å². The Morgan fingerprint density at radius 2 is 1.75 bits per heavy atom. The quantitative estimate of drug-likeness (QED) is 0.653. The molecule has 0 unspecified atom stereocenters. The summed E-state index contributed by atoms with van der Waals surface area (Å²) in [6, 6.07) is 8.52. The molecule has 0 aliphatic carbocycles. The zero-order chi connectivity index (χ0) is 9.40. The molecule has 0 heterocycles. The molecule has 0 atom stereocenters. The molecule has 2 amide bonds. The lowest BCUT2D eigenvalue weighted by Gasteiger charge is -1.97. The number of nitrogens with two attached hydrogens (primary N) is 1. The zero-order valence-electron chi connectivity index (χ0n) is 6.49. The van der Waals surface area contributed by atoms with E-state index in [1.165, 1.54) is 0 Å². The van der Waals surface area contributed by atoms with Crippen LogP contribution in [0.15, 0.2) is 30.3 Å². The molecule has 12 heavy (non-hydrogen) atoms. The van der Waals surface area contributed by atoms with Crippen molar-refractivity contribution < 1.29 is 9.59 Å². The SMILES string of the molecule is C=O.NC(=O)Nc1ccccc1. The first-order valence-electron chi connectivity index (χ1n) is 3.19. The molecule has 1 aromatic rings. The van der Waals surface area contributed by atoms with Gasteiger partial charge in [0.1, 0.15) is 6.79 Å². The Balaban J connectivity index is 0.000000561. The second-order valence-electron chi connectivity index (χ2n) is 1.86. The van der Waals surface area contributed by atoms with Gasteiger partial charge in [0, 0.05) is 5.69 Å². The van der Waals surface area contributed by atoms with E-state index in [4.69, 9.17) is 10.5 Å². The predicted octanol–water partition coefficient (Wildman–Crippen LogP) is 0.992. The van der Waals surface area contributed by atoms with Crippen LogP contribution in [0.1, 0.15) is 0 Å². The molecule has 0 bridgehead atoms. The smallest absolute Gasteiger partial charge is 0.316 e. The summed E-state index contributed by atoms with van der Waals surface area (Å²) >= 11 is 0. The lowest BCUT2D eigenvalue weighted by Crippen LogP contribution is -2.18. The Morgan fingerprint density at radius 3 is 2.17 bits per heavy atom. The molecule has 3 N–H and O–H groups in total. The average molecular weight is 166 g/mol. The molecule has 0 aromatic heterocycles. The summed E-state index contributed by atoms with van der Waals surface area (Å²) in [5, 5.41) is 2.44. The predicted molar refractivity (Wildman–Crippen MR) is 46.8 cm³/mol. The molecule has 0 aliphatic heterocycles. The normalized spacial score (nSPS) is 7.67. The van der Waals surface area contributed by atoms with Gasteiger partial charge in [-0.1, -0.05) is 18.2 Å². The van der Waals surface area contributed by atoms with Crippen LogP contribution >= 0.6 is 0 Å². The van der Waals surface area contributed by atoms with Crippen LogP contribution in [0.4, 0.5) is 10.5 Å². The highest BCUT2D eigenvalue weighted by atomic mass is 16.2. The van der Waals surface area contributed by atoms with Gasteiger partial charge in [0.2, 0.25) is 0 Å². The third kappa shape index (κ3) is 4.05. The molecular weight excluding hydrogens is 156 g/mol. The minimum absolute atomic E-state index is 0.536. The van der Waals surface area contributed by atoms with Crippen LogP contribution < -0.4 is 11.1 Å². The highest BCUT2D eigenvalue weighted by molar-refractivity contribution is 5.87. The van der Waals surface area contributed by atoms with Gasteiger partial charge < -0.3 is 15.8 Å². The van der Waals surface area contributed by atoms with E-state index in [1.54, 1.807) is 12.1 Å². The van der Waals surface area contributed by atoms with Crippen molar-refractivity contribution in [1.29, 1.82) is 0 Å². The molecule has 4 nitrogen and oxygen atoms in total. The van der Waals surface area contributed by atoms with E-state index in [9.17, 15) is 4.79 Å². The molecule has 64 valence electrons. The number of rotatable bonds is 1. The summed E-state index contributed by atoms with van der Waals surface area (Å²) in [6.07, 6.45) is 0. The number of carbonyl (C=O) groups is 2. The van der Waals surface area contributed by atoms with Gasteiger partial charge in [0.05, 0.1) is 0 Å². The Bertz CT molecular complexity index is 236. The average Bonchev–Trinajstić information content (AvgIpc) is 2.08. The Morgan fingerprint density at radius 1 is 1.25 bits per heavy atom. The summed E-state index contributed by atoms with van der Waals surface area (Å²) < 4.78 is 0. The standard InChI is InChI=1S/C7H8N2O.CH2O/c8-7(10)9-6-4-2-1-3-5-6;1-2/h1-5H,(H3,8,9,10);1H2. The molecule has 1 aromatic carbocycles. The number of hydrogen-bond acceptors (Lipinski definition) is 2. The fourth-order valence-corrected chi connectivity index (χ4v) is 0.664. The Kier molecular flexibility index (Phi) is 5.00. The molecular formula is C8H10N2O2. The first-order valence-corrected chi connectivity index (χ1v) is 3.19. The van der Waals surface area contributed by atoms with E-state index in [0.717, 1.165) is 5.69 Å². The van der Waals surface area contributed by atoms with Gasteiger partial charge in [0.25, 0.3) is 0 Å². The van der Waals surface area contributed by atoms with Crippen LogP contribution in [0.25, 0.3) is 0 Å². The van der Waals surface area contributed by atoms with Crippen molar-refractivity contribution in [2.75, 3.05) is 5.32 Å². The van der Waals surface area contributed by atoms with Crippen LogP contribution in [-0.4, -0.2) is 12.8 Å². The minimum Gasteiger partial charge on any atom is -0.351 e. The monoisotopic (exact) mass is 166 g/mol. The maximum absolute atomic E-state index is 10.3. The fraction of sp³-hybridized carbons (Fsp3) is 0. The van der Waals surface area contributed by atoms with Crippen molar-refractivity contribution in [3.05, 3.63) is 30.3 Å². The first kappa shape index (κ1) is 10.2. The second kappa shape index (κ2) is 5.91. The maximum Gasteiger partial charge on any atom is 0.316 e. The molecule has 0 fully saturated rings. The fourth-order valence-electron chi connectivity index (χ4n) is 0.664. The maximum atomic E-state index is 10.3. The van der Waals surface area contributed by atoms with Crippen molar-refractivity contribution in [1.82, 2.24) is 0 Å². The number of amides is 2. The molecule has 0 aliphatic rings. The van der Waals surface area contributed by atoms with Gasteiger partial charge in [-0.2, -0.15) is 0 Å². The van der Waals surface area contributed by atoms with E-state index < -0.39 is 6.03 Å². The van der Waals surface area contributed by atoms with Crippen LogP contribution in [0.3, 0.4) is 0 Å². The Hall–Kier alpha value is -1.84. The van der Waals surface area contributed by atoms with E-state index >= 15 is 0 Å². The number of benzene rings is 1. The highest BCUT2D eigenvalue weighted by Gasteiger charge is 1.90. The van der Waals surface area contributed by atoms with Crippen LogP contribution in [0.2, 0.25) is 0 Å². The number of primary amides is 1. The van der Waals surface area contributed by atoms with Crippen molar-refractivity contribution in [2.45, 2.75) is 0 Å². The van der Waals surface area contributed by atoms with Crippen LogP contribution in [0, 0.1) is 0 Å². The lowest BCUT2D eigenvalue weighted by molar-refractivity contribution is -0.0979. The summed E-state index contributed by atoms with van der Waals surface area (Å²) in [6.45, 7) is 2.00. The van der Waals surface area contributed by atoms with Crippen molar-refractivity contribution >= 4 is 18.5 Å². The van der Waals surface area contributed by atoms with Gasteiger partial charge in [-0.25, -0.2) is 4.79 Å². The first-order chi connectivity index (χ1) is 5.79. The summed E-state index contributed by atoms with van der Waals surface area (Å²) in [5.74, 6) is 0. The van der Waals surface area contributed by atoms with E-state index in [1.807, 2.05) is 25.0 Å². The molecule has 1 rings (SSSR count). The Labute approximate surface area is 70.4 Å². The minimum atomic E-state index is -0.536. The van der Waals surface area contributed by atoms with Crippen molar-refractivity contribution in [2.24, 2.45) is 5.73 Å². The van der Waals surface area contributed by atoms with Crippen LogP contribution in [0.5, 0.6) is 0 Å². The van der Waals surface area contributed by atoms with E-state index in [0.29, 0.717) is 0 Å². The van der Waals surface area contributed by atoms with Gasteiger partial charge >= 0.3 is 6.03 Å². The molecule has 0 saturated heterocycles. The molecule has 0 radical (unpaired) electrons.